The summed E-state index contributed by atoms with van der Waals surface area (Å²) < 4.78 is 11.1. The molecule has 1 aliphatic carbocycles. The van der Waals surface area contributed by atoms with E-state index >= 15 is 0 Å². The van der Waals surface area contributed by atoms with Crippen molar-refractivity contribution in [1.29, 1.82) is 0 Å². The first-order valence-electron chi connectivity index (χ1n) is 8.25. The fraction of sp³-hybridized carbons (Fsp3) is 0.350. The Labute approximate surface area is 137 Å². The molecule has 0 aromatic heterocycles. The molecule has 0 heterocycles. The number of carbonyl (C=O) groups excluding carboxylic acids is 1. The lowest BCUT2D eigenvalue weighted by Crippen LogP contribution is -2.16. The van der Waals surface area contributed by atoms with Gasteiger partial charge in [-0.05, 0) is 61.7 Å². The number of ether oxygens (including phenoxy) is 2. The molecule has 120 valence electrons. The molecule has 3 heteroatoms. The van der Waals surface area contributed by atoms with E-state index in [1.165, 1.54) is 5.56 Å². The molecular formula is C20H22O3. The SMILES string of the molecule is CCOc1ccc(C2CCC(=O)c3ccc(OCC)cc32)cc1. The quantitative estimate of drug-likeness (QED) is 0.810. The highest BCUT2D eigenvalue weighted by Gasteiger charge is 2.27. The minimum atomic E-state index is 0.227. The van der Waals surface area contributed by atoms with Gasteiger partial charge in [-0.25, -0.2) is 0 Å². The van der Waals surface area contributed by atoms with E-state index in [4.69, 9.17) is 9.47 Å². The summed E-state index contributed by atoms with van der Waals surface area (Å²) in [7, 11) is 0. The smallest absolute Gasteiger partial charge is 0.163 e. The van der Waals surface area contributed by atoms with Crippen LogP contribution in [-0.4, -0.2) is 19.0 Å². The van der Waals surface area contributed by atoms with Gasteiger partial charge < -0.3 is 9.47 Å². The zero-order chi connectivity index (χ0) is 16.2. The Kier molecular flexibility index (Phi) is 4.65. The number of hydrogen-bond donors (Lipinski definition) is 0. The molecule has 0 aliphatic heterocycles. The fourth-order valence-electron chi connectivity index (χ4n) is 3.21. The second-order valence-electron chi connectivity index (χ2n) is 5.70. The topological polar surface area (TPSA) is 35.5 Å². The van der Waals surface area contributed by atoms with E-state index in [1.54, 1.807) is 0 Å². The molecule has 0 amide bonds. The molecule has 3 nitrogen and oxygen atoms in total. The van der Waals surface area contributed by atoms with Gasteiger partial charge in [0.2, 0.25) is 0 Å². The molecule has 0 saturated heterocycles. The Morgan fingerprint density at radius 3 is 2.30 bits per heavy atom. The number of Topliss-reactive ketones (excluding diaryl/α,β-unsaturated/α-hetero) is 1. The van der Waals surface area contributed by atoms with E-state index in [-0.39, 0.29) is 11.7 Å². The van der Waals surface area contributed by atoms with Crippen LogP contribution in [0.4, 0.5) is 0 Å². The van der Waals surface area contributed by atoms with E-state index in [0.29, 0.717) is 19.6 Å². The lowest BCUT2D eigenvalue weighted by Gasteiger charge is -2.26. The van der Waals surface area contributed by atoms with Crippen molar-refractivity contribution in [3.8, 4) is 11.5 Å². The molecule has 1 unspecified atom stereocenters. The first kappa shape index (κ1) is 15.6. The maximum atomic E-state index is 12.2. The summed E-state index contributed by atoms with van der Waals surface area (Å²) in [6.07, 6.45) is 1.44. The van der Waals surface area contributed by atoms with E-state index in [0.717, 1.165) is 29.0 Å². The molecule has 0 fully saturated rings. The van der Waals surface area contributed by atoms with Crippen molar-refractivity contribution in [1.82, 2.24) is 0 Å². The number of fused-ring (bicyclic) bond motifs is 1. The summed E-state index contributed by atoms with van der Waals surface area (Å²) >= 11 is 0. The Balaban J connectivity index is 1.96. The third-order valence-electron chi connectivity index (χ3n) is 4.26. The molecule has 0 spiro atoms. The van der Waals surface area contributed by atoms with Crippen LogP contribution >= 0.6 is 0 Å². The number of ketones is 1. The van der Waals surface area contributed by atoms with Gasteiger partial charge in [-0.15, -0.1) is 0 Å². The summed E-state index contributed by atoms with van der Waals surface area (Å²) in [5.41, 5.74) is 3.13. The van der Waals surface area contributed by atoms with Gasteiger partial charge in [-0.2, -0.15) is 0 Å². The maximum Gasteiger partial charge on any atom is 0.163 e. The van der Waals surface area contributed by atoms with Crippen LogP contribution in [0, 0.1) is 0 Å². The third-order valence-corrected chi connectivity index (χ3v) is 4.26. The predicted octanol–water partition coefficient (Wildman–Crippen LogP) is 4.59. The predicted molar refractivity (Wildman–Crippen MR) is 90.6 cm³/mol. The van der Waals surface area contributed by atoms with E-state index in [9.17, 15) is 4.79 Å². The van der Waals surface area contributed by atoms with Gasteiger partial charge in [0.25, 0.3) is 0 Å². The molecule has 1 aliphatic rings. The van der Waals surface area contributed by atoms with Crippen molar-refractivity contribution >= 4 is 5.78 Å². The fourth-order valence-corrected chi connectivity index (χ4v) is 3.21. The summed E-state index contributed by atoms with van der Waals surface area (Å²) in [4.78, 5) is 12.2. The van der Waals surface area contributed by atoms with Crippen molar-refractivity contribution in [3.63, 3.8) is 0 Å². The van der Waals surface area contributed by atoms with E-state index in [2.05, 4.69) is 12.1 Å². The first-order chi connectivity index (χ1) is 11.2. The molecule has 23 heavy (non-hydrogen) atoms. The molecule has 3 rings (SSSR count). The van der Waals surface area contributed by atoms with Crippen molar-refractivity contribution in [2.45, 2.75) is 32.6 Å². The minimum absolute atomic E-state index is 0.227. The molecule has 0 saturated carbocycles. The largest absolute Gasteiger partial charge is 0.494 e. The van der Waals surface area contributed by atoms with Gasteiger partial charge in [-0.3, -0.25) is 4.79 Å². The van der Waals surface area contributed by atoms with Crippen molar-refractivity contribution in [2.24, 2.45) is 0 Å². The monoisotopic (exact) mass is 310 g/mol. The number of hydrogen-bond acceptors (Lipinski definition) is 3. The summed E-state index contributed by atoms with van der Waals surface area (Å²) in [5.74, 6) is 2.17. The van der Waals surface area contributed by atoms with Crippen LogP contribution in [-0.2, 0) is 0 Å². The highest BCUT2D eigenvalue weighted by molar-refractivity contribution is 5.99. The standard InChI is InChI=1S/C20H22O3/c1-3-22-15-7-5-14(6-8-15)17-11-12-20(21)18-10-9-16(23-4-2)13-19(17)18/h5-10,13,17H,3-4,11-12H2,1-2H3. The second kappa shape index (κ2) is 6.86. The van der Waals surface area contributed by atoms with Gasteiger partial charge in [0.05, 0.1) is 13.2 Å². The Hall–Kier alpha value is -2.29. The minimum Gasteiger partial charge on any atom is -0.494 e. The van der Waals surface area contributed by atoms with Crippen LogP contribution in [0.1, 0.15) is 54.1 Å². The van der Waals surface area contributed by atoms with E-state index in [1.807, 2.05) is 44.2 Å². The van der Waals surface area contributed by atoms with Gasteiger partial charge in [0.15, 0.2) is 5.78 Å². The molecule has 2 aromatic carbocycles. The van der Waals surface area contributed by atoms with Gasteiger partial charge in [0, 0.05) is 17.9 Å². The number of rotatable bonds is 5. The first-order valence-corrected chi connectivity index (χ1v) is 8.25. The molecule has 2 aromatic rings. The lowest BCUT2D eigenvalue weighted by atomic mass is 9.78. The molecular weight excluding hydrogens is 288 g/mol. The van der Waals surface area contributed by atoms with Crippen molar-refractivity contribution < 1.29 is 14.3 Å². The second-order valence-corrected chi connectivity index (χ2v) is 5.70. The Morgan fingerprint density at radius 2 is 1.61 bits per heavy atom. The maximum absolute atomic E-state index is 12.2. The van der Waals surface area contributed by atoms with E-state index < -0.39 is 0 Å². The lowest BCUT2D eigenvalue weighted by molar-refractivity contribution is 0.0969. The third kappa shape index (κ3) is 3.24. The van der Waals surface area contributed by atoms with Crippen LogP contribution in [0.25, 0.3) is 0 Å². The average Bonchev–Trinajstić information content (AvgIpc) is 2.57. The highest BCUT2D eigenvalue weighted by atomic mass is 16.5. The zero-order valence-corrected chi connectivity index (χ0v) is 13.7. The molecule has 0 N–H and O–H groups in total. The van der Waals surface area contributed by atoms with Gasteiger partial charge >= 0.3 is 0 Å². The normalized spacial score (nSPS) is 16.8. The summed E-state index contributed by atoms with van der Waals surface area (Å²) in [6, 6.07) is 14.0. The average molecular weight is 310 g/mol. The van der Waals surface area contributed by atoms with Crippen LogP contribution in [0.15, 0.2) is 42.5 Å². The van der Waals surface area contributed by atoms with Crippen LogP contribution in [0.3, 0.4) is 0 Å². The molecule has 0 radical (unpaired) electrons. The highest BCUT2D eigenvalue weighted by Crippen LogP contribution is 2.38. The number of benzene rings is 2. The summed E-state index contributed by atoms with van der Waals surface area (Å²) in [5, 5.41) is 0. The Morgan fingerprint density at radius 1 is 0.957 bits per heavy atom. The summed E-state index contributed by atoms with van der Waals surface area (Å²) in [6.45, 7) is 5.24. The van der Waals surface area contributed by atoms with Gasteiger partial charge in [-0.1, -0.05) is 12.1 Å². The van der Waals surface area contributed by atoms with Crippen molar-refractivity contribution in [2.75, 3.05) is 13.2 Å². The van der Waals surface area contributed by atoms with Crippen LogP contribution < -0.4 is 9.47 Å². The number of carbonyl (C=O) groups is 1. The Bertz CT molecular complexity index is 689. The molecule has 1 atom stereocenters. The van der Waals surface area contributed by atoms with Gasteiger partial charge in [0.1, 0.15) is 11.5 Å². The molecule has 0 bridgehead atoms. The zero-order valence-electron chi connectivity index (χ0n) is 13.7. The van der Waals surface area contributed by atoms with Crippen molar-refractivity contribution in [3.05, 3.63) is 59.2 Å². The van der Waals surface area contributed by atoms with Crippen LogP contribution in [0.2, 0.25) is 0 Å². The van der Waals surface area contributed by atoms with Crippen LogP contribution in [0.5, 0.6) is 11.5 Å².